The van der Waals surface area contributed by atoms with Crippen LogP contribution in [0.15, 0.2) is 22.5 Å². The second-order valence-corrected chi connectivity index (χ2v) is 9.57. The molecule has 27 heavy (non-hydrogen) atoms. The Morgan fingerprint density at radius 2 is 2.07 bits per heavy atom. The molecule has 2 aromatic rings. The van der Waals surface area contributed by atoms with E-state index in [0.717, 1.165) is 31.6 Å². The summed E-state index contributed by atoms with van der Waals surface area (Å²) in [5, 5.41) is 2.63. The number of hydrogen-bond donors (Lipinski definition) is 1. The Kier molecular flexibility index (Phi) is 6.02. The normalized spacial score (nSPS) is 16.0. The van der Waals surface area contributed by atoms with Crippen molar-refractivity contribution in [3.63, 3.8) is 0 Å². The third-order valence-corrected chi connectivity index (χ3v) is 7.29. The average Bonchev–Trinajstić information content (AvgIpc) is 3.34. The van der Waals surface area contributed by atoms with Crippen molar-refractivity contribution in [3.05, 3.63) is 23.3 Å². The van der Waals surface area contributed by atoms with E-state index in [-0.39, 0.29) is 23.4 Å². The lowest BCUT2D eigenvalue weighted by Crippen LogP contribution is -2.32. The van der Waals surface area contributed by atoms with E-state index in [1.807, 2.05) is 31.1 Å². The molecule has 1 saturated heterocycles. The molecule has 0 bridgehead atoms. The Bertz CT molecular complexity index is 911. The Morgan fingerprint density at radius 3 is 2.67 bits per heavy atom. The van der Waals surface area contributed by atoms with Crippen molar-refractivity contribution in [2.75, 3.05) is 13.1 Å². The molecule has 2 aromatic heterocycles. The number of sulfonamides is 1. The molecule has 1 N–H and O–H groups in total. The van der Waals surface area contributed by atoms with E-state index in [4.69, 9.17) is 0 Å². The van der Waals surface area contributed by atoms with Crippen LogP contribution >= 0.6 is 11.3 Å². The molecule has 7 nitrogen and oxygen atoms in total. The predicted molar refractivity (Wildman–Crippen MR) is 106 cm³/mol. The van der Waals surface area contributed by atoms with Crippen LogP contribution in [0.5, 0.6) is 0 Å². The number of aryl methyl sites for hydroxylation is 1. The minimum Gasteiger partial charge on any atom is -0.341 e. The molecule has 0 saturated carbocycles. The van der Waals surface area contributed by atoms with E-state index < -0.39 is 10.0 Å². The number of amides is 1. The van der Waals surface area contributed by atoms with Crippen molar-refractivity contribution in [1.82, 2.24) is 19.2 Å². The van der Waals surface area contributed by atoms with Gasteiger partial charge in [0.05, 0.1) is 5.69 Å². The second-order valence-electron chi connectivity index (χ2n) is 7.00. The summed E-state index contributed by atoms with van der Waals surface area (Å²) in [5.41, 5.74) is 1.53. The summed E-state index contributed by atoms with van der Waals surface area (Å²) < 4.78 is 29.8. The molecule has 1 amide bonds. The van der Waals surface area contributed by atoms with Gasteiger partial charge in [-0.3, -0.25) is 4.79 Å². The van der Waals surface area contributed by atoms with Gasteiger partial charge < -0.3 is 9.47 Å². The number of carbonyl (C=O) groups is 1. The predicted octanol–water partition coefficient (Wildman–Crippen LogP) is 2.62. The second kappa shape index (κ2) is 8.12. The summed E-state index contributed by atoms with van der Waals surface area (Å²) >= 11 is 1.45. The molecular formula is C18H26N4O3S2. The summed E-state index contributed by atoms with van der Waals surface area (Å²) in [7, 11) is -3.65. The molecule has 1 atom stereocenters. The lowest BCUT2D eigenvalue weighted by molar-refractivity contribution is -0.130. The van der Waals surface area contributed by atoms with Crippen molar-refractivity contribution in [1.29, 1.82) is 0 Å². The number of likely N-dealkylation sites (tertiary alicyclic amines) is 1. The fourth-order valence-corrected chi connectivity index (χ4v) is 5.23. The Balaban J connectivity index is 1.95. The van der Waals surface area contributed by atoms with Crippen molar-refractivity contribution in [2.45, 2.75) is 57.5 Å². The van der Waals surface area contributed by atoms with Crippen LogP contribution in [0, 0.1) is 6.92 Å². The van der Waals surface area contributed by atoms with Crippen molar-refractivity contribution in [3.8, 4) is 10.7 Å². The zero-order chi connectivity index (χ0) is 19.6. The molecule has 1 unspecified atom stereocenters. The minimum absolute atomic E-state index is 0.0106. The quantitative estimate of drug-likeness (QED) is 0.760. The highest BCUT2D eigenvalue weighted by molar-refractivity contribution is 7.89. The number of nitrogens with zero attached hydrogens (tertiary/aromatic N) is 3. The SMILES string of the molecule is CCC(C)NS(=O)(=O)c1cc(-c2nc(C)cs2)n(CC(=O)N2CCCC2)c1. The van der Waals surface area contributed by atoms with E-state index in [1.54, 1.807) is 16.8 Å². The fourth-order valence-electron chi connectivity index (χ4n) is 3.04. The standard InChI is InChI=1S/C18H26N4O3S2/c1-4-13(2)20-27(24,25)15-9-16(18-19-14(3)12-26-18)22(10-15)11-17(23)21-7-5-6-8-21/h9-10,12-13,20H,4-8,11H2,1-3H3. The molecule has 0 radical (unpaired) electrons. The van der Waals surface area contributed by atoms with Crippen LogP contribution in [0.2, 0.25) is 0 Å². The number of thiazole rings is 1. The van der Waals surface area contributed by atoms with Crippen LogP contribution in [0.4, 0.5) is 0 Å². The molecule has 0 spiro atoms. The van der Waals surface area contributed by atoms with Gasteiger partial charge in [-0.25, -0.2) is 18.1 Å². The third-order valence-electron chi connectivity index (χ3n) is 4.75. The maximum absolute atomic E-state index is 12.7. The molecule has 148 valence electrons. The summed E-state index contributed by atoms with van der Waals surface area (Å²) in [5.74, 6) is 0.0106. The average molecular weight is 411 g/mol. The first kappa shape index (κ1) is 20.0. The van der Waals surface area contributed by atoms with Crippen molar-refractivity contribution >= 4 is 27.3 Å². The molecule has 3 heterocycles. The Labute approximate surface area is 164 Å². The summed E-state index contributed by atoms with van der Waals surface area (Å²) in [6.45, 7) is 7.31. The molecule has 3 rings (SSSR count). The van der Waals surface area contributed by atoms with E-state index in [9.17, 15) is 13.2 Å². The molecule has 0 aromatic carbocycles. The molecule has 9 heteroatoms. The molecule has 1 fully saturated rings. The van der Waals surface area contributed by atoms with Crippen LogP contribution in [0.1, 0.15) is 38.8 Å². The van der Waals surface area contributed by atoms with E-state index >= 15 is 0 Å². The van der Waals surface area contributed by atoms with Crippen molar-refractivity contribution in [2.24, 2.45) is 0 Å². The third kappa shape index (κ3) is 4.59. The highest BCUT2D eigenvalue weighted by Crippen LogP contribution is 2.28. The summed E-state index contributed by atoms with van der Waals surface area (Å²) in [6.07, 6.45) is 4.29. The van der Waals surface area contributed by atoms with Crippen LogP contribution in [-0.2, 0) is 21.4 Å². The first-order valence-electron chi connectivity index (χ1n) is 9.23. The molecule has 1 aliphatic heterocycles. The zero-order valence-corrected chi connectivity index (χ0v) is 17.6. The zero-order valence-electron chi connectivity index (χ0n) is 15.9. The van der Waals surface area contributed by atoms with Gasteiger partial charge in [-0.05, 0) is 39.2 Å². The summed E-state index contributed by atoms with van der Waals surface area (Å²) in [6, 6.07) is 1.45. The number of hydrogen-bond acceptors (Lipinski definition) is 5. The van der Waals surface area contributed by atoms with Gasteiger partial charge in [0.25, 0.3) is 0 Å². The van der Waals surface area contributed by atoms with E-state index in [1.165, 1.54) is 11.3 Å². The highest BCUT2D eigenvalue weighted by atomic mass is 32.2. The Hall–Kier alpha value is -1.71. The lowest BCUT2D eigenvalue weighted by atomic mass is 10.3. The van der Waals surface area contributed by atoms with Gasteiger partial charge in [-0.1, -0.05) is 6.92 Å². The highest BCUT2D eigenvalue weighted by Gasteiger charge is 2.24. The lowest BCUT2D eigenvalue weighted by Gasteiger charge is -2.16. The van der Waals surface area contributed by atoms with Crippen LogP contribution in [0.3, 0.4) is 0 Å². The molecular weight excluding hydrogens is 384 g/mol. The van der Waals surface area contributed by atoms with Crippen LogP contribution in [0.25, 0.3) is 10.7 Å². The first-order valence-corrected chi connectivity index (χ1v) is 11.6. The monoisotopic (exact) mass is 410 g/mol. The van der Waals surface area contributed by atoms with Gasteiger partial charge in [0.15, 0.2) is 0 Å². The number of rotatable bonds is 7. The largest absolute Gasteiger partial charge is 0.341 e. The van der Waals surface area contributed by atoms with Crippen molar-refractivity contribution < 1.29 is 13.2 Å². The first-order chi connectivity index (χ1) is 12.8. The van der Waals surface area contributed by atoms with Gasteiger partial charge in [0.1, 0.15) is 16.4 Å². The number of carbonyl (C=O) groups excluding carboxylic acids is 1. The summed E-state index contributed by atoms with van der Waals surface area (Å²) in [4.78, 5) is 19.1. The van der Waals surface area contributed by atoms with Crippen LogP contribution in [-0.4, -0.2) is 47.9 Å². The fraction of sp³-hybridized carbons (Fsp3) is 0.556. The van der Waals surface area contributed by atoms with Crippen LogP contribution < -0.4 is 4.72 Å². The van der Waals surface area contributed by atoms with E-state index in [0.29, 0.717) is 17.1 Å². The molecule has 1 aliphatic rings. The number of nitrogens with one attached hydrogen (secondary N) is 1. The topological polar surface area (TPSA) is 84.3 Å². The van der Waals surface area contributed by atoms with Gasteiger partial charge in [0.2, 0.25) is 15.9 Å². The Morgan fingerprint density at radius 1 is 1.37 bits per heavy atom. The maximum atomic E-state index is 12.7. The number of aromatic nitrogens is 2. The van der Waals surface area contributed by atoms with Gasteiger partial charge in [-0.15, -0.1) is 11.3 Å². The van der Waals surface area contributed by atoms with Gasteiger partial charge >= 0.3 is 0 Å². The maximum Gasteiger partial charge on any atom is 0.242 e. The van der Waals surface area contributed by atoms with E-state index in [2.05, 4.69) is 9.71 Å². The minimum atomic E-state index is -3.65. The molecule has 0 aliphatic carbocycles. The smallest absolute Gasteiger partial charge is 0.242 e. The van der Waals surface area contributed by atoms with Gasteiger partial charge in [-0.2, -0.15) is 0 Å². The van der Waals surface area contributed by atoms with Gasteiger partial charge in [0, 0.05) is 36.4 Å².